The number of nitrogens with zero attached hydrogens (tertiary/aromatic N) is 1. The molecule has 0 spiro atoms. The SMILES string of the molecule is CSc1ccc(/C=C/C(=O)N2CCC(C(=O)N[C@@H](CNC(=O)Cc3ccc(Cl)cc3)C(=O)O)CC2)c(Cl)c1Cl. The Labute approximate surface area is 246 Å². The van der Waals surface area contributed by atoms with Crippen LogP contribution in [0.2, 0.25) is 15.1 Å². The van der Waals surface area contributed by atoms with Crippen molar-refractivity contribution in [2.24, 2.45) is 5.92 Å². The highest BCUT2D eigenvalue weighted by molar-refractivity contribution is 7.98. The minimum absolute atomic E-state index is 0.0563. The topological polar surface area (TPSA) is 116 Å². The Kier molecular flexibility index (Phi) is 11.5. The number of benzene rings is 2. The summed E-state index contributed by atoms with van der Waals surface area (Å²) in [7, 11) is 0. The molecule has 8 nitrogen and oxygen atoms in total. The molecule has 0 unspecified atom stereocenters. The zero-order valence-electron chi connectivity index (χ0n) is 21.1. The molecule has 0 bridgehead atoms. The van der Waals surface area contributed by atoms with Gasteiger partial charge in [-0.1, -0.05) is 53.0 Å². The highest BCUT2D eigenvalue weighted by Gasteiger charge is 2.30. The largest absolute Gasteiger partial charge is 0.480 e. The Morgan fingerprint density at radius 3 is 2.33 bits per heavy atom. The molecule has 3 amide bonds. The van der Waals surface area contributed by atoms with Crippen molar-refractivity contribution < 1.29 is 24.3 Å². The number of nitrogens with one attached hydrogen (secondary N) is 2. The molecule has 1 atom stereocenters. The number of carboxylic acids is 1. The van der Waals surface area contributed by atoms with Crippen LogP contribution in [0.4, 0.5) is 0 Å². The van der Waals surface area contributed by atoms with Crippen LogP contribution in [-0.2, 0) is 25.6 Å². The van der Waals surface area contributed by atoms with Gasteiger partial charge in [-0.25, -0.2) is 4.79 Å². The fourth-order valence-corrected chi connectivity index (χ4v) is 5.32. The number of thioether (sulfide) groups is 1. The molecule has 0 saturated carbocycles. The maximum Gasteiger partial charge on any atom is 0.328 e. The zero-order valence-corrected chi connectivity index (χ0v) is 24.2. The average Bonchev–Trinajstić information content (AvgIpc) is 2.92. The van der Waals surface area contributed by atoms with E-state index in [0.717, 1.165) is 10.5 Å². The Balaban J connectivity index is 1.47. The Hall–Kier alpha value is -2.72. The Morgan fingerprint density at radius 2 is 1.72 bits per heavy atom. The van der Waals surface area contributed by atoms with Crippen molar-refractivity contribution in [3.8, 4) is 0 Å². The van der Waals surface area contributed by atoms with Crippen LogP contribution in [0.25, 0.3) is 6.08 Å². The van der Waals surface area contributed by atoms with E-state index >= 15 is 0 Å². The van der Waals surface area contributed by atoms with E-state index in [-0.39, 0.29) is 24.8 Å². The number of halogens is 3. The summed E-state index contributed by atoms with van der Waals surface area (Å²) in [5.41, 5.74) is 1.35. The number of piperidine rings is 1. The lowest BCUT2D eigenvalue weighted by molar-refractivity contribution is -0.142. The van der Waals surface area contributed by atoms with Gasteiger partial charge in [-0.05, 0) is 54.5 Å². The summed E-state index contributed by atoms with van der Waals surface area (Å²) in [6.45, 7) is 0.438. The lowest BCUT2D eigenvalue weighted by Gasteiger charge is -2.31. The summed E-state index contributed by atoms with van der Waals surface area (Å²) < 4.78 is 0. The van der Waals surface area contributed by atoms with Gasteiger partial charge in [0.15, 0.2) is 0 Å². The normalized spacial score (nSPS) is 14.7. The van der Waals surface area contributed by atoms with E-state index in [9.17, 15) is 24.3 Å². The maximum atomic E-state index is 12.7. The summed E-state index contributed by atoms with van der Waals surface area (Å²) in [5.74, 6) is -2.72. The molecule has 2 aromatic rings. The van der Waals surface area contributed by atoms with Gasteiger partial charge in [-0.15, -0.1) is 11.8 Å². The summed E-state index contributed by atoms with van der Waals surface area (Å²) in [6.07, 6.45) is 5.75. The highest BCUT2D eigenvalue weighted by Crippen LogP contribution is 2.35. The van der Waals surface area contributed by atoms with Gasteiger partial charge in [0, 0.05) is 41.5 Å². The van der Waals surface area contributed by atoms with Crippen LogP contribution in [0.1, 0.15) is 24.0 Å². The highest BCUT2D eigenvalue weighted by atomic mass is 35.5. The lowest BCUT2D eigenvalue weighted by atomic mass is 9.95. The number of hydrogen-bond donors (Lipinski definition) is 3. The molecular formula is C27H28Cl3N3O5S. The van der Waals surface area contributed by atoms with E-state index in [2.05, 4.69) is 10.6 Å². The van der Waals surface area contributed by atoms with Gasteiger partial charge < -0.3 is 20.6 Å². The molecule has 208 valence electrons. The molecule has 1 aliphatic heterocycles. The molecule has 2 aromatic carbocycles. The second-order valence-electron chi connectivity index (χ2n) is 8.92. The summed E-state index contributed by atoms with van der Waals surface area (Å²) >= 11 is 19.9. The first-order valence-electron chi connectivity index (χ1n) is 12.1. The van der Waals surface area contributed by atoms with Crippen LogP contribution in [0.3, 0.4) is 0 Å². The van der Waals surface area contributed by atoms with Gasteiger partial charge in [-0.2, -0.15) is 0 Å². The monoisotopic (exact) mass is 611 g/mol. The zero-order chi connectivity index (χ0) is 28.5. The summed E-state index contributed by atoms with van der Waals surface area (Å²) in [6, 6.07) is 9.09. The van der Waals surface area contributed by atoms with Crippen molar-refractivity contribution in [1.29, 1.82) is 0 Å². The quantitative estimate of drug-likeness (QED) is 0.268. The van der Waals surface area contributed by atoms with Crippen LogP contribution in [-0.4, -0.2) is 65.6 Å². The molecule has 0 aromatic heterocycles. The third kappa shape index (κ3) is 8.89. The molecule has 1 fully saturated rings. The van der Waals surface area contributed by atoms with Gasteiger partial charge in [0.05, 0.1) is 16.5 Å². The van der Waals surface area contributed by atoms with E-state index in [1.165, 1.54) is 17.8 Å². The van der Waals surface area contributed by atoms with E-state index in [4.69, 9.17) is 34.8 Å². The second kappa shape index (κ2) is 14.6. The van der Waals surface area contributed by atoms with Crippen molar-refractivity contribution in [3.05, 3.63) is 68.7 Å². The molecule has 1 saturated heterocycles. The lowest BCUT2D eigenvalue weighted by Crippen LogP contribution is -2.51. The van der Waals surface area contributed by atoms with Crippen molar-refractivity contribution >= 4 is 76.3 Å². The number of aliphatic carboxylic acids is 1. The first kappa shape index (κ1) is 30.8. The molecule has 3 N–H and O–H groups in total. The summed E-state index contributed by atoms with van der Waals surface area (Å²) in [5, 5.41) is 15.9. The van der Waals surface area contributed by atoms with Crippen LogP contribution >= 0.6 is 46.6 Å². The number of carbonyl (C=O) groups is 4. The van der Waals surface area contributed by atoms with E-state index in [0.29, 0.717) is 46.6 Å². The molecule has 0 radical (unpaired) electrons. The number of carbonyl (C=O) groups excluding carboxylic acids is 3. The van der Waals surface area contributed by atoms with Crippen LogP contribution < -0.4 is 10.6 Å². The molecule has 3 rings (SSSR count). The number of amides is 3. The predicted octanol–water partition coefficient (Wildman–Crippen LogP) is 4.55. The van der Waals surface area contributed by atoms with Gasteiger partial charge in [-0.3, -0.25) is 14.4 Å². The average molecular weight is 613 g/mol. The summed E-state index contributed by atoms with van der Waals surface area (Å²) in [4.78, 5) is 51.8. The number of carboxylic acid groups (broad SMARTS) is 1. The number of rotatable bonds is 10. The van der Waals surface area contributed by atoms with Crippen molar-refractivity contribution in [2.75, 3.05) is 25.9 Å². The van der Waals surface area contributed by atoms with Gasteiger partial charge in [0.2, 0.25) is 17.7 Å². The molecule has 12 heteroatoms. The molecule has 39 heavy (non-hydrogen) atoms. The minimum Gasteiger partial charge on any atom is -0.480 e. The number of likely N-dealkylation sites (tertiary alicyclic amines) is 1. The van der Waals surface area contributed by atoms with Gasteiger partial charge in [0.25, 0.3) is 0 Å². The second-order valence-corrected chi connectivity index (χ2v) is 11.0. The minimum atomic E-state index is -1.27. The maximum absolute atomic E-state index is 12.7. The van der Waals surface area contributed by atoms with Gasteiger partial charge in [0.1, 0.15) is 6.04 Å². The molecule has 1 aliphatic rings. The van der Waals surface area contributed by atoms with Gasteiger partial charge >= 0.3 is 5.97 Å². The Morgan fingerprint density at radius 1 is 1.05 bits per heavy atom. The van der Waals surface area contributed by atoms with Crippen LogP contribution in [0.15, 0.2) is 47.4 Å². The van der Waals surface area contributed by atoms with Crippen LogP contribution in [0.5, 0.6) is 0 Å². The standard InChI is InChI=1S/C27H28Cl3N3O5S/c1-39-21-8-4-17(24(29)25(21)30)5-9-23(35)33-12-10-18(11-13-33)26(36)32-20(27(37)38)15-31-22(34)14-16-2-6-19(28)7-3-16/h2-9,18,20H,10-15H2,1H3,(H,31,34)(H,32,36)(H,37,38)/b9-5+/t20-/m0/s1. The third-order valence-electron chi connectivity index (χ3n) is 6.28. The van der Waals surface area contributed by atoms with Crippen molar-refractivity contribution in [2.45, 2.75) is 30.2 Å². The first-order chi connectivity index (χ1) is 18.6. The third-order valence-corrected chi connectivity index (χ3v) is 8.32. The van der Waals surface area contributed by atoms with E-state index in [1.807, 2.05) is 12.3 Å². The van der Waals surface area contributed by atoms with Crippen molar-refractivity contribution in [3.63, 3.8) is 0 Å². The van der Waals surface area contributed by atoms with Crippen LogP contribution in [0, 0.1) is 5.92 Å². The van der Waals surface area contributed by atoms with Crippen molar-refractivity contribution in [1.82, 2.24) is 15.5 Å². The molecule has 0 aliphatic carbocycles. The predicted molar refractivity (Wildman–Crippen MR) is 154 cm³/mol. The number of hydrogen-bond acceptors (Lipinski definition) is 5. The van der Waals surface area contributed by atoms with E-state index in [1.54, 1.807) is 41.3 Å². The molecular weight excluding hydrogens is 585 g/mol. The Bertz CT molecular complexity index is 1250. The fraction of sp³-hybridized carbons (Fsp3) is 0.333. The first-order valence-corrected chi connectivity index (χ1v) is 14.5. The van der Waals surface area contributed by atoms with E-state index < -0.39 is 23.8 Å². The smallest absolute Gasteiger partial charge is 0.328 e. The fourth-order valence-electron chi connectivity index (χ4n) is 4.02. The molecule has 1 heterocycles.